The van der Waals surface area contributed by atoms with Gasteiger partial charge in [-0.05, 0) is 125 Å². The van der Waals surface area contributed by atoms with Gasteiger partial charge in [0.25, 0.3) is 0 Å². The van der Waals surface area contributed by atoms with Crippen molar-refractivity contribution in [3.8, 4) is 44.5 Å². The Kier molecular flexibility index (Phi) is 7.91. The van der Waals surface area contributed by atoms with E-state index in [1.807, 2.05) is 0 Å². The Labute approximate surface area is 340 Å². The lowest BCUT2D eigenvalue weighted by molar-refractivity contribution is 0.660. The Morgan fingerprint density at radius 1 is 0.310 bits per heavy atom. The van der Waals surface area contributed by atoms with Crippen LogP contribution in [0.1, 0.15) is 25.0 Å². The SMILES string of the molecule is CC1(C)c2ccccc2-c2ccc(-c3ccc(N(c4ccc(-c5cccc6ccccc56)cc4)c4ccccc4-c4cc5ccccc5c5ccccc45)cc3)cc21. The van der Waals surface area contributed by atoms with E-state index in [9.17, 15) is 0 Å². The fourth-order valence-corrected chi connectivity index (χ4v) is 9.55. The molecule has 0 fully saturated rings. The molecule has 1 aliphatic carbocycles. The lowest BCUT2D eigenvalue weighted by atomic mass is 9.81. The molecule has 58 heavy (non-hydrogen) atoms. The van der Waals surface area contributed by atoms with Crippen molar-refractivity contribution in [1.82, 2.24) is 0 Å². The van der Waals surface area contributed by atoms with Gasteiger partial charge in [-0.3, -0.25) is 0 Å². The second-order valence-corrected chi connectivity index (χ2v) is 16.1. The minimum atomic E-state index is -0.0481. The van der Waals surface area contributed by atoms with Crippen LogP contribution in [-0.4, -0.2) is 0 Å². The van der Waals surface area contributed by atoms with Gasteiger partial charge >= 0.3 is 0 Å². The van der Waals surface area contributed by atoms with Crippen LogP contribution in [0.25, 0.3) is 76.8 Å². The molecule has 0 bridgehead atoms. The minimum absolute atomic E-state index is 0.0481. The molecule has 1 heteroatoms. The summed E-state index contributed by atoms with van der Waals surface area (Å²) in [5, 5.41) is 7.53. The van der Waals surface area contributed by atoms with Crippen molar-refractivity contribution in [3.63, 3.8) is 0 Å². The average molecular weight is 740 g/mol. The molecular formula is C57H41N. The molecule has 0 spiro atoms. The highest BCUT2D eigenvalue weighted by Gasteiger charge is 2.35. The first kappa shape index (κ1) is 34.1. The van der Waals surface area contributed by atoms with E-state index in [1.54, 1.807) is 0 Å². The molecular weight excluding hydrogens is 699 g/mol. The molecule has 0 radical (unpaired) electrons. The number of fused-ring (bicyclic) bond motifs is 7. The highest BCUT2D eigenvalue weighted by atomic mass is 15.1. The van der Waals surface area contributed by atoms with Crippen LogP contribution in [-0.2, 0) is 5.41 Å². The number of benzene rings is 10. The van der Waals surface area contributed by atoms with Gasteiger partial charge < -0.3 is 4.90 Å². The molecule has 0 N–H and O–H groups in total. The lowest BCUT2D eigenvalue weighted by Crippen LogP contribution is -2.14. The highest BCUT2D eigenvalue weighted by molar-refractivity contribution is 6.15. The van der Waals surface area contributed by atoms with E-state index < -0.39 is 0 Å². The van der Waals surface area contributed by atoms with Crippen LogP contribution in [0, 0.1) is 0 Å². The Hall–Kier alpha value is -7.22. The smallest absolute Gasteiger partial charge is 0.0540 e. The van der Waals surface area contributed by atoms with Crippen molar-refractivity contribution >= 4 is 49.4 Å². The molecule has 274 valence electrons. The third-order valence-electron chi connectivity index (χ3n) is 12.5. The Morgan fingerprint density at radius 3 is 1.62 bits per heavy atom. The third-order valence-corrected chi connectivity index (χ3v) is 12.5. The first-order valence-corrected chi connectivity index (χ1v) is 20.3. The summed E-state index contributed by atoms with van der Waals surface area (Å²) in [6, 6.07) is 78.2. The normalized spacial score (nSPS) is 12.8. The largest absolute Gasteiger partial charge is 0.310 e. The van der Waals surface area contributed by atoms with Crippen molar-refractivity contribution in [2.24, 2.45) is 0 Å². The van der Waals surface area contributed by atoms with E-state index in [0.717, 1.165) is 17.1 Å². The molecule has 0 saturated carbocycles. The number of hydrogen-bond acceptors (Lipinski definition) is 1. The predicted molar refractivity (Wildman–Crippen MR) is 248 cm³/mol. The van der Waals surface area contributed by atoms with Gasteiger partial charge in [-0.15, -0.1) is 0 Å². The van der Waals surface area contributed by atoms with Gasteiger partial charge in [0.15, 0.2) is 0 Å². The number of hydrogen-bond donors (Lipinski definition) is 0. The molecule has 0 unspecified atom stereocenters. The van der Waals surface area contributed by atoms with Crippen LogP contribution in [0.2, 0.25) is 0 Å². The molecule has 0 heterocycles. The summed E-state index contributed by atoms with van der Waals surface area (Å²) in [6.07, 6.45) is 0. The lowest BCUT2D eigenvalue weighted by Gasteiger charge is -2.29. The Bertz CT molecular complexity index is 3180. The van der Waals surface area contributed by atoms with E-state index >= 15 is 0 Å². The zero-order chi connectivity index (χ0) is 38.8. The summed E-state index contributed by atoms with van der Waals surface area (Å²) in [4.78, 5) is 2.43. The first-order chi connectivity index (χ1) is 28.5. The maximum absolute atomic E-state index is 2.43. The molecule has 10 aromatic rings. The summed E-state index contributed by atoms with van der Waals surface area (Å²) in [6.45, 7) is 4.70. The quantitative estimate of drug-likeness (QED) is 0.154. The van der Waals surface area contributed by atoms with Gasteiger partial charge in [-0.1, -0.05) is 184 Å². The van der Waals surface area contributed by atoms with Gasteiger partial charge in [-0.2, -0.15) is 0 Å². The Balaban J connectivity index is 1.06. The zero-order valence-electron chi connectivity index (χ0n) is 32.7. The summed E-state index contributed by atoms with van der Waals surface area (Å²) < 4.78 is 0. The van der Waals surface area contributed by atoms with Crippen molar-refractivity contribution < 1.29 is 0 Å². The summed E-state index contributed by atoms with van der Waals surface area (Å²) in [5.41, 5.74) is 16.1. The zero-order valence-corrected chi connectivity index (χ0v) is 32.7. The van der Waals surface area contributed by atoms with Gasteiger partial charge in [0.2, 0.25) is 0 Å². The van der Waals surface area contributed by atoms with E-state index in [1.165, 1.54) is 88.0 Å². The van der Waals surface area contributed by atoms with E-state index in [-0.39, 0.29) is 5.41 Å². The van der Waals surface area contributed by atoms with Crippen LogP contribution >= 0.6 is 0 Å². The van der Waals surface area contributed by atoms with Gasteiger partial charge in [0, 0.05) is 22.4 Å². The third kappa shape index (κ3) is 5.46. The fourth-order valence-electron chi connectivity index (χ4n) is 9.55. The van der Waals surface area contributed by atoms with Crippen molar-refractivity contribution in [2.45, 2.75) is 19.3 Å². The van der Waals surface area contributed by atoms with Crippen molar-refractivity contribution in [1.29, 1.82) is 0 Å². The molecule has 1 aliphatic rings. The summed E-state index contributed by atoms with van der Waals surface area (Å²) in [5.74, 6) is 0. The standard InChI is InChI=1S/C57H41N/c1-57(2)54-24-11-9-21-50(54)51-35-30-41(37-55(51)57)38-26-31-43(32-27-38)58(44-33-28-40(29-34-44)46-23-13-16-39-14-3-5-17-45(39)46)56-25-12-10-22-52(56)53-36-42-15-4-6-18-47(42)48-19-7-8-20-49(48)53/h3-37H,1-2H3. The van der Waals surface area contributed by atoms with Gasteiger partial charge in [0.1, 0.15) is 0 Å². The number of nitrogens with zero attached hydrogens (tertiary/aromatic N) is 1. The predicted octanol–water partition coefficient (Wildman–Crippen LogP) is 15.9. The maximum atomic E-state index is 2.43. The Morgan fingerprint density at radius 2 is 0.845 bits per heavy atom. The van der Waals surface area contributed by atoms with Gasteiger partial charge in [0.05, 0.1) is 5.69 Å². The molecule has 0 aromatic heterocycles. The molecule has 0 amide bonds. The fraction of sp³-hybridized carbons (Fsp3) is 0.0526. The topological polar surface area (TPSA) is 3.24 Å². The summed E-state index contributed by atoms with van der Waals surface area (Å²) >= 11 is 0. The van der Waals surface area contributed by atoms with Crippen LogP contribution < -0.4 is 4.90 Å². The molecule has 10 aromatic carbocycles. The highest BCUT2D eigenvalue weighted by Crippen LogP contribution is 2.50. The first-order valence-electron chi connectivity index (χ1n) is 20.3. The van der Waals surface area contributed by atoms with Crippen LogP contribution in [0.5, 0.6) is 0 Å². The summed E-state index contributed by atoms with van der Waals surface area (Å²) in [7, 11) is 0. The molecule has 0 atom stereocenters. The molecule has 1 nitrogen and oxygen atoms in total. The van der Waals surface area contributed by atoms with E-state index in [0.29, 0.717) is 0 Å². The van der Waals surface area contributed by atoms with Crippen LogP contribution in [0.4, 0.5) is 17.1 Å². The number of para-hydroxylation sites is 1. The monoisotopic (exact) mass is 739 g/mol. The second-order valence-electron chi connectivity index (χ2n) is 16.1. The van der Waals surface area contributed by atoms with Crippen LogP contribution in [0.3, 0.4) is 0 Å². The van der Waals surface area contributed by atoms with E-state index in [4.69, 9.17) is 0 Å². The van der Waals surface area contributed by atoms with E-state index in [2.05, 4.69) is 231 Å². The number of anilines is 3. The molecule has 0 aliphatic heterocycles. The van der Waals surface area contributed by atoms with Crippen LogP contribution in [0.15, 0.2) is 212 Å². The average Bonchev–Trinajstić information content (AvgIpc) is 3.52. The number of rotatable bonds is 6. The molecule has 11 rings (SSSR count). The van der Waals surface area contributed by atoms with Crippen molar-refractivity contribution in [2.75, 3.05) is 4.90 Å². The van der Waals surface area contributed by atoms with Gasteiger partial charge in [-0.25, -0.2) is 0 Å². The second kappa shape index (κ2) is 13.5. The maximum Gasteiger partial charge on any atom is 0.0540 e. The molecule has 0 saturated heterocycles. The van der Waals surface area contributed by atoms with Crippen molar-refractivity contribution in [3.05, 3.63) is 223 Å². The minimum Gasteiger partial charge on any atom is -0.310 e.